The van der Waals surface area contributed by atoms with Crippen LogP contribution in [0.5, 0.6) is 0 Å². The van der Waals surface area contributed by atoms with Crippen LogP contribution in [0.3, 0.4) is 0 Å². The van der Waals surface area contributed by atoms with Gasteiger partial charge in [0.1, 0.15) is 0 Å². The largest absolute Gasteiger partial charge is 0.471 e. The molecule has 0 aliphatic heterocycles. The van der Waals surface area contributed by atoms with Crippen LogP contribution in [-0.2, 0) is 35.7 Å². The first-order valence-electron chi connectivity index (χ1n) is 11.1. The molecule has 1 aromatic heterocycles. The second-order valence-electron chi connectivity index (χ2n) is 7.51. The van der Waals surface area contributed by atoms with E-state index >= 15 is 0 Å². The van der Waals surface area contributed by atoms with E-state index in [2.05, 4.69) is 32.8 Å². The Bertz CT molecular complexity index is 1140. The van der Waals surface area contributed by atoms with Gasteiger partial charge >= 0.3 is 24.0 Å². The Labute approximate surface area is 220 Å². The van der Waals surface area contributed by atoms with Crippen molar-refractivity contribution in [2.45, 2.75) is 31.9 Å². The van der Waals surface area contributed by atoms with Gasteiger partial charge in [-0.2, -0.15) is 13.2 Å². The minimum absolute atomic E-state index is 0.0102. The summed E-state index contributed by atoms with van der Waals surface area (Å²) in [6, 6.07) is 9.06. The van der Waals surface area contributed by atoms with Crippen molar-refractivity contribution in [1.29, 1.82) is 0 Å². The molecule has 0 saturated heterocycles. The number of hydrogen-bond donors (Lipinski definition) is 1. The standard InChI is InChI=1S/C25H25BrF3N3O5/c1-3-36-22(33)15-32(16-23(34)37-4-2)14-21-12-18(11-20(13-26)30-21)6-5-17-7-9-19(10-8-17)31-24(35)25(27,28)29/h7-12H,3-4,13-16H2,1-2H3,(H,31,35). The second kappa shape index (κ2) is 14.3. The Balaban J connectivity index is 2.21. The summed E-state index contributed by atoms with van der Waals surface area (Å²) < 4.78 is 47.2. The van der Waals surface area contributed by atoms with E-state index in [4.69, 9.17) is 9.47 Å². The van der Waals surface area contributed by atoms with E-state index in [1.165, 1.54) is 24.3 Å². The number of esters is 2. The van der Waals surface area contributed by atoms with Crippen molar-refractivity contribution in [3.05, 3.63) is 58.9 Å². The maximum absolute atomic E-state index is 12.4. The Morgan fingerprint density at radius 3 is 2.00 bits per heavy atom. The van der Waals surface area contributed by atoms with Gasteiger partial charge in [0.2, 0.25) is 0 Å². The highest BCUT2D eigenvalue weighted by molar-refractivity contribution is 9.08. The normalized spacial score (nSPS) is 10.9. The van der Waals surface area contributed by atoms with Gasteiger partial charge in [-0.15, -0.1) is 0 Å². The quantitative estimate of drug-likeness (QED) is 0.258. The van der Waals surface area contributed by atoms with Crippen molar-refractivity contribution in [2.24, 2.45) is 0 Å². The fourth-order valence-electron chi connectivity index (χ4n) is 3.03. The van der Waals surface area contributed by atoms with Crippen molar-refractivity contribution in [1.82, 2.24) is 9.88 Å². The summed E-state index contributed by atoms with van der Waals surface area (Å²) in [7, 11) is 0. The number of nitrogens with one attached hydrogen (secondary N) is 1. The average molecular weight is 584 g/mol. The maximum atomic E-state index is 12.4. The van der Waals surface area contributed by atoms with Crippen LogP contribution in [0.25, 0.3) is 0 Å². The van der Waals surface area contributed by atoms with Crippen LogP contribution >= 0.6 is 15.9 Å². The van der Waals surface area contributed by atoms with Crippen LogP contribution in [0.1, 0.15) is 36.4 Å². The topological polar surface area (TPSA) is 97.8 Å². The number of nitrogens with zero attached hydrogens (tertiary/aromatic N) is 2. The highest BCUT2D eigenvalue weighted by atomic mass is 79.9. The molecule has 2 aromatic rings. The van der Waals surface area contributed by atoms with Crippen LogP contribution in [0, 0.1) is 11.8 Å². The summed E-state index contributed by atoms with van der Waals surface area (Å²) in [4.78, 5) is 41.2. The Morgan fingerprint density at radius 2 is 1.49 bits per heavy atom. The maximum Gasteiger partial charge on any atom is 0.471 e. The number of carbonyl (C=O) groups is 3. The molecule has 8 nitrogen and oxygen atoms in total. The minimum Gasteiger partial charge on any atom is -0.465 e. The van der Waals surface area contributed by atoms with Crippen molar-refractivity contribution < 1.29 is 37.0 Å². The third-order valence-electron chi connectivity index (χ3n) is 4.52. The van der Waals surface area contributed by atoms with Gasteiger partial charge in [-0.05, 0) is 50.2 Å². The monoisotopic (exact) mass is 583 g/mol. The van der Waals surface area contributed by atoms with Crippen molar-refractivity contribution in [3.63, 3.8) is 0 Å². The molecule has 0 unspecified atom stereocenters. The van der Waals surface area contributed by atoms with E-state index in [1.807, 2.05) is 0 Å². The van der Waals surface area contributed by atoms with Crippen LogP contribution in [0.4, 0.5) is 18.9 Å². The van der Waals surface area contributed by atoms with Gasteiger partial charge in [0.15, 0.2) is 0 Å². The molecule has 1 heterocycles. The summed E-state index contributed by atoms with van der Waals surface area (Å²) >= 11 is 3.36. The Kier molecular flexibility index (Phi) is 11.6. The number of rotatable bonds is 10. The SMILES string of the molecule is CCOC(=O)CN(CC(=O)OCC)Cc1cc(C#Cc2ccc(NC(=O)C(F)(F)F)cc2)cc(CBr)n1. The molecule has 2 rings (SSSR count). The number of anilines is 1. The molecule has 12 heteroatoms. The molecule has 0 fully saturated rings. The minimum atomic E-state index is -4.98. The summed E-state index contributed by atoms with van der Waals surface area (Å²) in [6.07, 6.45) is -4.98. The smallest absolute Gasteiger partial charge is 0.465 e. The molecule has 1 N–H and O–H groups in total. The summed E-state index contributed by atoms with van der Waals surface area (Å²) in [5, 5.41) is 2.20. The van der Waals surface area contributed by atoms with E-state index in [0.717, 1.165) is 0 Å². The Morgan fingerprint density at radius 1 is 0.946 bits per heavy atom. The fourth-order valence-corrected chi connectivity index (χ4v) is 3.32. The number of ether oxygens (including phenoxy) is 2. The molecule has 0 atom stereocenters. The molecule has 0 spiro atoms. The third-order valence-corrected chi connectivity index (χ3v) is 5.10. The molecule has 0 saturated carbocycles. The number of carbonyl (C=O) groups excluding carboxylic acids is 3. The molecule has 0 bridgehead atoms. The molecule has 0 radical (unpaired) electrons. The van der Waals surface area contributed by atoms with Crippen LogP contribution in [-0.4, -0.2) is 60.2 Å². The lowest BCUT2D eigenvalue weighted by atomic mass is 10.1. The molecule has 0 aliphatic carbocycles. The highest BCUT2D eigenvalue weighted by Crippen LogP contribution is 2.18. The zero-order valence-corrected chi connectivity index (χ0v) is 21.7. The first-order valence-corrected chi connectivity index (χ1v) is 12.3. The number of halogens is 4. The molecule has 1 aromatic carbocycles. The summed E-state index contributed by atoms with van der Waals surface area (Å²) in [6.45, 7) is 3.67. The lowest BCUT2D eigenvalue weighted by molar-refractivity contribution is -0.167. The molecule has 1 amide bonds. The molecular weight excluding hydrogens is 559 g/mol. The molecule has 198 valence electrons. The highest BCUT2D eigenvalue weighted by Gasteiger charge is 2.38. The van der Waals surface area contributed by atoms with Gasteiger partial charge in [0, 0.05) is 28.7 Å². The number of pyridine rings is 1. The van der Waals surface area contributed by atoms with Gasteiger partial charge in [0.25, 0.3) is 0 Å². The number of aromatic nitrogens is 1. The van der Waals surface area contributed by atoms with Gasteiger partial charge in [0.05, 0.1) is 37.7 Å². The van der Waals surface area contributed by atoms with E-state index in [0.29, 0.717) is 27.8 Å². The third kappa shape index (κ3) is 10.6. The van der Waals surface area contributed by atoms with Gasteiger partial charge in [-0.3, -0.25) is 24.3 Å². The summed E-state index contributed by atoms with van der Waals surface area (Å²) in [5.74, 6) is 2.85. The van der Waals surface area contributed by atoms with Crippen molar-refractivity contribution in [3.8, 4) is 11.8 Å². The molecule has 37 heavy (non-hydrogen) atoms. The lowest BCUT2D eigenvalue weighted by Crippen LogP contribution is -2.36. The van der Waals surface area contributed by atoms with Crippen molar-refractivity contribution in [2.75, 3.05) is 31.6 Å². The number of amides is 1. The zero-order chi connectivity index (χ0) is 27.4. The zero-order valence-electron chi connectivity index (χ0n) is 20.2. The summed E-state index contributed by atoms with van der Waals surface area (Å²) in [5.41, 5.74) is 2.32. The van der Waals surface area contributed by atoms with E-state index in [9.17, 15) is 27.6 Å². The van der Waals surface area contributed by atoms with Gasteiger partial charge < -0.3 is 14.8 Å². The first kappa shape index (κ1) is 29.8. The average Bonchev–Trinajstić information content (AvgIpc) is 2.83. The number of hydrogen-bond acceptors (Lipinski definition) is 7. The van der Waals surface area contributed by atoms with Gasteiger partial charge in [-0.25, -0.2) is 0 Å². The Hall–Kier alpha value is -3.43. The number of alkyl halides is 4. The predicted molar refractivity (Wildman–Crippen MR) is 133 cm³/mol. The van der Waals surface area contributed by atoms with Crippen LogP contribution in [0.15, 0.2) is 36.4 Å². The van der Waals surface area contributed by atoms with Crippen molar-refractivity contribution >= 4 is 39.5 Å². The molecule has 0 aliphatic rings. The second-order valence-corrected chi connectivity index (χ2v) is 8.07. The van der Waals surface area contributed by atoms with Crippen LogP contribution in [0.2, 0.25) is 0 Å². The van der Waals surface area contributed by atoms with E-state index in [-0.39, 0.29) is 38.5 Å². The molecular formula is C25H25BrF3N3O5. The number of benzene rings is 1. The van der Waals surface area contributed by atoms with E-state index in [1.54, 1.807) is 36.2 Å². The first-order chi connectivity index (χ1) is 17.5. The van der Waals surface area contributed by atoms with Crippen LogP contribution < -0.4 is 5.32 Å². The predicted octanol–water partition coefficient (Wildman–Crippen LogP) is 3.81. The van der Waals surface area contributed by atoms with Gasteiger partial charge in [-0.1, -0.05) is 27.8 Å². The fraction of sp³-hybridized carbons (Fsp3) is 0.360. The van der Waals surface area contributed by atoms with E-state index < -0.39 is 24.0 Å². The lowest BCUT2D eigenvalue weighted by Gasteiger charge is -2.20.